The molecule has 0 aliphatic carbocycles. The molecule has 0 amide bonds. The summed E-state index contributed by atoms with van der Waals surface area (Å²) in [7, 11) is -2.39. The summed E-state index contributed by atoms with van der Waals surface area (Å²) in [4.78, 5) is 0. The Morgan fingerprint density at radius 1 is 0.722 bits per heavy atom. The molecule has 0 bridgehead atoms. The standard InChI is InChI=1S/C13H29ClO3Si/c1-4-15-18(16-5-2,17-6-3)13-11-9-7-8-10-12-14/h4-13H2,1-3H3. The lowest BCUT2D eigenvalue weighted by Gasteiger charge is -2.28. The van der Waals surface area contributed by atoms with E-state index < -0.39 is 8.80 Å². The van der Waals surface area contributed by atoms with Gasteiger partial charge in [0.1, 0.15) is 0 Å². The predicted octanol–water partition coefficient (Wildman–Crippen LogP) is 4.22. The van der Waals surface area contributed by atoms with Crippen LogP contribution in [0.2, 0.25) is 6.04 Å². The van der Waals surface area contributed by atoms with Gasteiger partial charge in [-0.15, -0.1) is 11.6 Å². The van der Waals surface area contributed by atoms with E-state index in [9.17, 15) is 0 Å². The van der Waals surface area contributed by atoms with Gasteiger partial charge in [0.2, 0.25) is 0 Å². The fourth-order valence-electron chi connectivity index (χ4n) is 1.97. The number of hydrogen-bond donors (Lipinski definition) is 0. The van der Waals surface area contributed by atoms with E-state index in [0.29, 0.717) is 19.8 Å². The molecule has 110 valence electrons. The second-order valence-electron chi connectivity index (χ2n) is 4.19. The first-order valence-electron chi connectivity index (χ1n) is 7.22. The summed E-state index contributed by atoms with van der Waals surface area (Å²) in [6.07, 6.45) is 5.90. The van der Waals surface area contributed by atoms with Crippen LogP contribution in [0.15, 0.2) is 0 Å². The lowest BCUT2D eigenvalue weighted by Crippen LogP contribution is -2.45. The van der Waals surface area contributed by atoms with Crippen molar-refractivity contribution in [2.75, 3.05) is 25.7 Å². The number of halogens is 1. The van der Waals surface area contributed by atoms with Gasteiger partial charge in [0.05, 0.1) is 0 Å². The smallest absolute Gasteiger partial charge is 0.374 e. The summed E-state index contributed by atoms with van der Waals surface area (Å²) in [6, 6.07) is 0.934. The zero-order valence-electron chi connectivity index (χ0n) is 12.2. The number of alkyl halides is 1. The van der Waals surface area contributed by atoms with E-state index in [1.165, 1.54) is 19.3 Å². The fourth-order valence-corrected chi connectivity index (χ4v) is 4.84. The van der Waals surface area contributed by atoms with Crippen LogP contribution in [0.5, 0.6) is 0 Å². The molecule has 0 heterocycles. The zero-order chi connectivity index (χ0) is 13.7. The normalized spacial score (nSPS) is 12.0. The van der Waals surface area contributed by atoms with Crippen molar-refractivity contribution in [1.29, 1.82) is 0 Å². The lowest BCUT2D eigenvalue weighted by atomic mass is 10.2. The summed E-state index contributed by atoms with van der Waals surface area (Å²) in [5, 5.41) is 0. The summed E-state index contributed by atoms with van der Waals surface area (Å²) in [5.41, 5.74) is 0. The van der Waals surface area contributed by atoms with Crippen molar-refractivity contribution in [3.63, 3.8) is 0 Å². The average Bonchev–Trinajstić information content (AvgIpc) is 2.35. The molecule has 0 N–H and O–H groups in total. The van der Waals surface area contributed by atoms with Crippen molar-refractivity contribution < 1.29 is 13.3 Å². The Morgan fingerprint density at radius 3 is 1.61 bits per heavy atom. The van der Waals surface area contributed by atoms with E-state index in [1.807, 2.05) is 20.8 Å². The maximum atomic E-state index is 5.81. The van der Waals surface area contributed by atoms with Crippen LogP contribution in [-0.4, -0.2) is 34.5 Å². The Morgan fingerprint density at radius 2 is 1.17 bits per heavy atom. The topological polar surface area (TPSA) is 27.7 Å². The third-order valence-electron chi connectivity index (χ3n) is 2.71. The van der Waals surface area contributed by atoms with Crippen LogP contribution in [0.3, 0.4) is 0 Å². The van der Waals surface area contributed by atoms with Gasteiger partial charge < -0.3 is 13.3 Å². The Balaban J connectivity index is 3.97. The van der Waals surface area contributed by atoms with Crippen LogP contribution >= 0.6 is 11.6 Å². The molecule has 0 aromatic carbocycles. The van der Waals surface area contributed by atoms with E-state index in [-0.39, 0.29) is 0 Å². The maximum Gasteiger partial charge on any atom is 0.500 e. The summed E-state index contributed by atoms with van der Waals surface area (Å²) < 4.78 is 17.4. The van der Waals surface area contributed by atoms with E-state index in [4.69, 9.17) is 24.9 Å². The van der Waals surface area contributed by atoms with E-state index >= 15 is 0 Å². The highest BCUT2D eigenvalue weighted by molar-refractivity contribution is 6.60. The predicted molar refractivity (Wildman–Crippen MR) is 79.2 cm³/mol. The molecular weight excluding hydrogens is 268 g/mol. The highest BCUT2D eigenvalue weighted by Crippen LogP contribution is 2.20. The van der Waals surface area contributed by atoms with Gasteiger partial charge in [0, 0.05) is 31.7 Å². The van der Waals surface area contributed by atoms with Crippen molar-refractivity contribution in [1.82, 2.24) is 0 Å². The SMILES string of the molecule is CCO[Si](CCCCCCCCl)(OCC)OCC. The Labute approximate surface area is 119 Å². The van der Waals surface area contributed by atoms with Gasteiger partial charge in [-0.05, 0) is 33.6 Å². The largest absolute Gasteiger partial charge is 0.500 e. The molecule has 0 aliphatic heterocycles. The van der Waals surface area contributed by atoms with Crippen molar-refractivity contribution in [3.8, 4) is 0 Å². The van der Waals surface area contributed by atoms with E-state index in [2.05, 4.69) is 0 Å². The van der Waals surface area contributed by atoms with Crippen LogP contribution in [0.1, 0.15) is 52.9 Å². The van der Waals surface area contributed by atoms with E-state index in [0.717, 1.165) is 24.8 Å². The number of hydrogen-bond acceptors (Lipinski definition) is 3. The molecule has 0 saturated heterocycles. The van der Waals surface area contributed by atoms with Crippen molar-refractivity contribution in [3.05, 3.63) is 0 Å². The summed E-state index contributed by atoms with van der Waals surface area (Å²) in [5.74, 6) is 0.773. The van der Waals surface area contributed by atoms with Gasteiger partial charge in [0.15, 0.2) is 0 Å². The molecule has 0 unspecified atom stereocenters. The minimum Gasteiger partial charge on any atom is -0.374 e. The molecule has 0 atom stereocenters. The van der Waals surface area contributed by atoms with Gasteiger partial charge >= 0.3 is 8.80 Å². The van der Waals surface area contributed by atoms with Gasteiger partial charge in [0.25, 0.3) is 0 Å². The average molecular weight is 297 g/mol. The number of rotatable bonds is 13. The maximum absolute atomic E-state index is 5.81. The highest BCUT2D eigenvalue weighted by atomic mass is 35.5. The minimum absolute atomic E-state index is 0.665. The molecule has 0 spiro atoms. The molecule has 5 heteroatoms. The molecule has 0 aromatic rings. The van der Waals surface area contributed by atoms with Gasteiger partial charge in [-0.25, -0.2) is 0 Å². The molecule has 0 radical (unpaired) electrons. The zero-order valence-corrected chi connectivity index (χ0v) is 13.9. The Bertz CT molecular complexity index is 165. The third kappa shape index (κ3) is 8.48. The quantitative estimate of drug-likeness (QED) is 0.289. The molecule has 0 saturated carbocycles. The summed E-state index contributed by atoms with van der Waals surface area (Å²) in [6.45, 7) is 8.00. The van der Waals surface area contributed by atoms with Crippen LogP contribution < -0.4 is 0 Å². The first-order valence-corrected chi connectivity index (χ1v) is 9.69. The van der Waals surface area contributed by atoms with Crippen LogP contribution in [0.4, 0.5) is 0 Å². The van der Waals surface area contributed by atoms with E-state index in [1.54, 1.807) is 0 Å². The summed E-state index contributed by atoms with van der Waals surface area (Å²) >= 11 is 5.66. The van der Waals surface area contributed by atoms with Crippen molar-refractivity contribution in [2.24, 2.45) is 0 Å². The molecule has 18 heavy (non-hydrogen) atoms. The lowest BCUT2D eigenvalue weighted by molar-refractivity contribution is 0.0706. The Kier molecular flexibility index (Phi) is 12.7. The molecule has 0 aliphatic rings. The van der Waals surface area contributed by atoms with Crippen LogP contribution in [0.25, 0.3) is 0 Å². The van der Waals surface area contributed by atoms with Crippen molar-refractivity contribution >= 4 is 20.4 Å². The fraction of sp³-hybridized carbons (Fsp3) is 1.00. The van der Waals surface area contributed by atoms with Crippen LogP contribution in [0, 0.1) is 0 Å². The van der Waals surface area contributed by atoms with Gasteiger partial charge in [-0.2, -0.15) is 0 Å². The van der Waals surface area contributed by atoms with Crippen molar-refractivity contribution in [2.45, 2.75) is 58.9 Å². The first-order chi connectivity index (χ1) is 8.74. The second kappa shape index (κ2) is 12.4. The third-order valence-corrected chi connectivity index (χ3v) is 6.13. The van der Waals surface area contributed by atoms with Gasteiger partial charge in [-0.3, -0.25) is 0 Å². The Hall–Kier alpha value is 0.387. The molecule has 0 rings (SSSR count). The molecule has 3 nitrogen and oxygen atoms in total. The number of unbranched alkanes of at least 4 members (excludes halogenated alkanes) is 4. The monoisotopic (exact) mass is 296 g/mol. The van der Waals surface area contributed by atoms with Gasteiger partial charge in [-0.1, -0.05) is 19.3 Å². The minimum atomic E-state index is -2.39. The first kappa shape index (κ1) is 18.4. The second-order valence-corrected chi connectivity index (χ2v) is 7.30. The highest BCUT2D eigenvalue weighted by Gasteiger charge is 2.39. The van der Waals surface area contributed by atoms with Crippen LogP contribution in [-0.2, 0) is 13.3 Å². The molecule has 0 aromatic heterocycles. The molecule has 0 fully saturated rings. The molecular formula is C13H29ClO3Si.